The smallest absolute Gasteiger partial charge is 0.243 e. The predicted octanol–water partition coefficient (Wildman–Crippen LogP) is 3.07. The number of sulfonamides is 1. The highest BCUT2D eigenvalue weighted by atomic mass is 32.2. The van der Waals surface area contributed by atoms with Crippen LogP contribution >= 0.6 is 0 Å². The Bertz CT molecular complexity index is 769. The average molecular weight is 365 g/mol. The molecule has 25 heavy (non-hydrogen) atoms. The van der Waals surface area contributed by atoms with Crippen molar-refractivity contribution in [2.24, 2.45) is 0 Å². The van der Waals surface area contributed by atoms with Crippen molar-refractivity contribution in [1.29, 1.82) is 0 Å². The Kier molecular flexibility index (Phi) is 6.27. The molecule has 1 atom stereocenters. The zero-order chi connectivity index (χ0) is 18.6. The van der Waals surface area contributed by atoms with Gasteiger partial charge in [-0.15, -0.1) is 0 Å². The van der Waals surface area contributed by atoms with Gasteiger partial charge in [-0.3, -0.25) is 9.10 Å². The second-order valence-corrected chi connectivity index (χ2v) is 8.71. The van der Waals surface area contributed by atoms with Crippen molar-refractivity contribution in [2.45, 2.75) is 52.5 Å². The first-order valence-corrected chi connectivity index (χ1v) is 10.6. The molecule has 138 valence electrons. The van der Waals surface area contributed by atoms with Gasteiger partial charge >= 0.3 is 0 Å². The number of hydrogen-bond donors (Lipinski definition) is 1. The quantitative estimate of drug-likeness (QED) is 0.789. The molecular formula is C19H28N2O3S. The first-order chi connectivity index (χ1) is 11.7. The molecule has 1 unspecified atom stereocenters. The van der Waals surface area contributed by atoms with Crippen molar-refractivity contribution in [3.05, 3.63) is 41.0 Å². The van der Waals surface area contributed by atoms with E-state index in [-0.39, 0.29) is 5.91 Å². The second kappa shape index (κ2) is 8.04. The molecule has 1 aliphatic rings. The molecule has 1 amide bonds. The third kappa shape index (κ3) is 5.08. The van der Waals surface area contributed by atoms with Gasteiger partial charge in [0.05, 0.1) is 11.9 Å². The summed E-state index contributed by atoms with van der Waals surface area (Å²) < 4.78 is 26.0. The monoisotopic (exact) mass is 364 g/mol. The number of anilines is 1. The Morgan fingerprint density at radius 1 is 1.28 bits per heavy atom. The molecule has 0 heterocycles. The molecule has 0 saturated heterocycles. The summed E-state index contributed by atoms with van der Waals surface area (Å²) >= 11 is 0. The maximum absolute atomic E-state index is 12.6. The summed E-state index contributed by atoms with van der Waals surface area (Å²) in [5.41, 5.74) is 3.56. The van der Waals surface area contributed by atoms with Gasteiger partial charge in [0, 0.05) is 6.54 Å². The average Bonchev–Trinajstić information content (AvgIpc) is 2.55. The molecule has 1 aliphatic carbocycles. The molecule has 5 nitrogen and oxygen atoms in total. The van der Waals surface area contributed by atoms with Gasteiger partial charge in [0.2, 0.25) is 15.9 Å². The minimum absolute atomic E-state index is 0.280. The van der Waals surface area contributed by atoms with Gasteiger partial charge in [-0.25, -0.2) is 8.42 Å². The molecule has 0 fully saturated rings. The number of carbonyl (C=O) groups excluding carboxylic acids is 1. The van der Waals surface area contributed by atoms with Crippen molar-refractivity contribution in [1.82, 2.24) is 5.32 Å². The van der Waals surface area contributed by atoms with E-state index in [9.17, 15) is 13.2 Å². The van der Waals surface area contributed by atoms with E-state index in [1.165, 1.54) is 16.3 Å². The lowest BCUT2D eigenvalue weighted by molar-refractivity contribution is -0.121. The topological polar surface area (TPSA) is 66.5 Å². The number of amides is 1. The lowest BCUT2D eigenvalue weighted by Gasteiger charge is -2.30. The number of carbonyl (C=O) groups is 1. The van der Waals surface area contributed by atoms with Gasteiger partial charge in [0.1, 0.15) is 6.04 Å². The van der Waals surface area contributed by atoms with Crippen LogP contribution in [0.3, 0.4) is 0 Å². The van der Waals surface area contributed by atoms with E-state index in [0.29, 0.717) is 12.2 Å². The minimum Gasteiger partial charge on any atom is -0.351 e. The molecule has 1 N–H and O–H groups in total. The molecule has 0 saturated carbocycles. The van der Waals surface area contributed by atoms with Crippen LogP contribution in [0.2, 0.25) is 0 Å². The Morgan fingerprint density at radius 3 is 2.60 bits per heavy atom. The van der Waals surface area contributed by atoms with Gasteiger partial charge < -0.3 is 5.32 Å². The van der Waals surface area contributed by atoms with Crippen LogP contribution in [-0.4, -0.2) is 33.2 Å². The van der Waals surface area contributed by atoms with Crippen molar-refractivity contribution in [3.63, 3.8) is 0 Å². The zero-order valence-corrected chi connectivity index (χ0v) is 16.3. The van der Waals surface area contributed by atoms with Crippen LogP contribution in [0.1, 0.15) is 43.7 Å². The SMILES string of the molecule is Cc1ccc(C)c(N(C(C)C(=O)NCC2=CCCCC2)S(C)(=O)=O)c1. The fourth-order valence-electron chi connectivity index (χ4n) is 3.15. The maximum atomic E-state index is 12.6. The van der Waals surface area contributed by atoms with E-state index in [1.54, 1.807) is 6.92 Å². The largest absolute Gasteiger partial charge is 0.351 e. The van der Waals surface area contributed by atoms with Gasteiger partial charge in [-0.1, -0.05) is 23.8 Å². The third-order valence-electron chi connectivity index (χ3n) is 4.57. The minimum atomic E-state index is -3.59. The summed E-state index contributed by atoms with van der Waals surface area (Å²) in [5, 5.41) is 2.90. The van der Waals surface area contributed by atoms with Gasteiger partial charge in [0.25, 0.3) is 0 Å². The maximum Gasteiger partial charge on any atom is 0.243 e. The standard InChI is InChI=1S/C19H28N2O3S/c1-14-10-11-15(2)18(12-14)21(25(4,23)24)16(3)19(22)20-13-17-8-6-5-7-9-17/h8,10-12,16H,5-7,9,13H2,1-4H3,(H,20,22). The second-order valence-electron chi connectivity index (χ2n) is 6.85. The Labute approximate surface area is 151 Å². The molecule has 0 aromatic heterocycles. The Morgan fingerprint density at radius 2 is 2.00 bits per heavy atom. The summed E-state index contributed by atoms with van der Waals surface area (Å²) in [6.45, 7) is 5.88. The van der Waals surface area contributed by atoms with E-state index in [1.807, 2.05) is 32.0 Å². The lowest BCUT2D eigenvalue weighted by Crippen LogP contribution is -2.48. The van der Waals surface area contributed by atoms with Crippen LogP contribution in [0, 0.1) is 13.8 Å². The number of aryl methyl sites for hydroxylation is 2. The van der Waals surface area contributed by atoms with Gasteiger partial charge in [-0.2, -0.15) is 0 Å². The predicted molar refractivity (Wildman–Crippen MR) is 102 cm³/mol. The zero-order valence-electron chi connectivity index (χ0n) is 15.5. The van der Waals surface area contributed by atoms with Gasteiger partial charge in [0.15, 0.2) is 0 Å². The highest BCUT2D eigenvalue weighted by Crippen LogP contribution is 2.26. The number of rotatable bonds is 6. The van der Waals surface area contributed by atoms with Crippen LogP contribution in [0.4, 0.5) is 5.69 Å². The van der Waals surface area contributed by atoms with Gasteiger partial charge in [-0.05, 0) is 63.6 Å². The molecule has 1 aromatic carbocycles. The van der Waals surface area contributed by atoms with Crippen LogP contribution in [0.5, 0.6) is 0 Å². The number of nitrogens with zero attached hydrogens (tertiary/aromatic N) is 1. The van der Waals surface area contributed by atoms with Crippen molar-refractivity contribution in [3.8, 4) is 0 Å². The summed E-state index contributed by atoms with van der Waals surface area (Å²) in [7, 11) is -3.59. The van der Waals surface area contributed by atoms with E-state index in [0.717, 1.165) is 36.6 Å². The van der Waals surface area contributed by atoms with Crippen LogP contribution in [-0.2, 0) is 14.8 Å². The van der Waals surface area contributed by atoms with Crippen LogP contribution < -0.4 is 9.62 Å². The van der Waals surface area contributed by atoms with Crippen molar-refractivity contribution in [2.75, 3.05) is 17.1 Å². The molecule has 1 aromatic rings. The lowest BCUT2D eigenvalue weighted by atomic mass is 9.99. The summed E-state index contributed by atoms with van der Waals surface area (Å²) in [5.74, 6) is -0.280. The van der Waals surface area contributed by atoms with Crippen molar-refractivity contribution < 1.29 is 13.2 Å². The summed E-state index contributed by atoms with van der Waals surface area (Å²) in [6, 6.07) is 4.81. The molecular weight excluding hydrogens is 336 g/mol. The van der Waals surface area contributed by atoms with Crippen LogP contribution in [0.15, 0.2) is 29.8 Å². The molecule has 0 spiro atoms. The first-order valence-electron chi connectivity index (χ1n) is 8.72. The highest BCUT2D eigenvalue weighted by Gasteiger charge is 2.30. The van der Waals surface area contributed by atoms with Crippen LogP contribution in [0.25, 0.3) is 0 Å². The van der Waals surface area contributed by atoms with E-state index in [2.05, 4.69) is 11.4 Å². The molecule has 0 aliphatic heterocycles. The molecule has 2 rings (SSSR count). The Balaban J connectivity index is 2.21. The normalized spacial score (nSPS) is 16.1. The first kappa shape index (κ1) is 19.5. The van der Waals surface area contributed by atoms with E-state index in [4.69, 9.17) is 0 Å². The summed E-state index contributed by atoms with van der Waals surface area (Å²) in [4.78, 5) is 12.6. The van der Waals surface area contributed by atoms with Crippen molar-refractivity contribution >= 4 is 21.6 Å². The number of nitrogens with one attached hydrogen (secondary N) is 1. The number of benzene rings is 1. The van der Waals surface area contributed by atoms with E-state index < -0.39 is 16.1 Å². The molecule has 6 heteroatoms. The number of allylic oxidation sites excluding steroid dienone is 1. The highest BCUT2D eigenvalue weighted by molar-refractivity contribution is 7.92. The van der Waals surface area contributed by atoms with E-state index >= 15 is 0 Å². The fraction of sp³-hybridized carbons (Fsp3) is 0.526. The fourth-order valence-corrected chi connectivity index (χ4v) is 4.38. The Hall–Kier alpha value is -1.82. The number of hydrogen-bond acceptors (Lipinski definition) is 3. The third-order valence-corrected chi connectivity index (χ3v) is 5.79. The summed E-state index contributed by atoms with van der Waals surface area (Å²) in [6.07, 6.45) is 7.72. The molecule has 0 radical (unpaired) electrons. The molecule has 0 bridgehead atoms.